The van der Waals surface area contributed by atoms with Gasteiger partial charge in [0.05, 0.1) is 18.1 Å². The Morgan fingerprint density at radius 3 is 2.85 bits per heavy atom. The van der Waals surface area contributed by atoms with Gasteiger partial charge >= 0.3 is 5.91 Å². The van der Waals surface area contributed by atoms with Crippen LogP contribution >= 0.6 is 0 Å². The molecule has 1 aliphatic rings. The third-order valence-corrected chi connectivity index (χ3v) is 5.29. The van der Waals surface area contributed by atoms with Crippen molar-refractivity contribution in [3.8, 4) is 0 Å². The van der Waals surface area contributed by atoms with E-state index in [0.717, 1.165) is 0 Å². The van der Waals surface area contributed by atoms with Gasteiger partial charge in [-0.2, -0.15) is 0 Å². The Morgan fingerprint density at radius 2 is 2.30 bits per heavy atom. The van der Waals surface area contributed by atoms with Crippen LogP contribution in [0.5, 0.6) is 0 Å². The van der Waals surface area contributed by atoms with Crippen LogP contribution in [0, 0.1) is 6.92 Å². The fraction of sp³-hybridized carbons (Fsp3) is 0.583. The number of carbonyl (C=O) groups is 1. The summed E-state index contributed by atoms with van der Waals surface area (Å²) in [5, 5.41) is 0. The van der Waals surface area contributed by atoms with Crippen LogP contribution in [0.2, 0.25) is 0 Å². The van der Waals surface area contributed by atoms with Crippen LogP contribution in [-0.4, -0.2) is 43.8 Å². The maximum atomic E-state index is 11.5. The molecule has 1 atom stereocenters. The van der Waals surface area contributed by atoms with Gasteiger partial charge in [0.1, 0.15) is 5.76 Å². The van der Waals surface area contributed by atoms with Gasteiger partial charge in [-0.3, -0.25) is 15.1 Å². The van der Waals surface area contributed by atoms with Gasteiger partial charge in [-0.15, -0.1) is 0 Å². The summed E-state index contributed by atoms with van der Waals surface area (Å²) >= 11 is 0. The summed E-state index contributed by atoms with van der Waals surface area (Å²) in [7, 11) is -1.05. The largest absolute Gasteiger partial charge is 0.454 e. The molecule has 0 aromatic carbocycles. The minimum absolute atomic E-state index is 0.00260. The van der Waals surface area contributed by atoms with Crippen LogP contribution in [0.4, 0.5) is 0 Å². The number of sulfone groups is 1. The van der Waals surface area contributed by atoms with Crippen LogP contribution in [0.1, 0.15) is 28.3 Å². The molecule has 7 nitrogen and oxygen atoms in total. The number of carbonyl (C=O) groups excluding carboxylic acids is 1. The molecule has 0 aliphatic carbocycles. The molecular weight excluding hydrogens is 282 g/mol. The molecule has 1 amide bonds. The van der Waals surface area contributed by atoms with Crippen molar-refractivity contribution in [2.45, 2.75) is 25.9 Å². The molecule has 0 saturated carbocycles. The molecule has 2 rings (SSSR count). The summed E-state index contributed by atoms with van der Waals surface area (Å²) in [5.74, 6) is 5.83. The van der Waals surface area contributed by atoms with E-state index in [0.29, 0.717) is 24.3 Å². The Kier molecular flexibility index (Phi) is 4.17. The van der Waals surface area contributed by atoms with Gasteiger partial charge in [-0.1, -0.05) is 0 Å². The number of hydrazine groups is 1. The van der Waals surface area contributed by atoms with Crippen molar-refractivity contribution in [2.24, 2.45) is 5.84 Å². The Balaban J connectivity index is 2.05. The molecule has 0 bridgehead atoms. The summed E-state index contributed by atoms with van der Waals surface area (Å²) in [6.45, 7) is 2.22. The normalized spacial score (nSPS) is 21.3. The third kappa shape index (κ3) is 3.20. The van der Waals surface area contributed by atoms with Gasteiger partial charge in [0.2, 0.25) is 0 Å². The van der Waals surface area contributed by atoms with E-state index < -0.39 is 15.7 Å². The fourth-order valence-corrected chi connectivity index (χ4v) is 4.22. The number of nitrogens with two attached hydrogens (primary N) is 1. The lowest BCUT2D eigenvalue weighted by Crippen LogP contribution is -2.32. The number of furan rings is 1. The minimum Gasteiger partial charge on any atom is -0.454 e. The molecule has 1 fully saturated rings. The monoisotopic (exact) mass is 301 g/mol. The molecule has 1 aromatic heterocycles. The molecular formula is C12H19N3O4S. The first-order valence-electron chi connectivity index (χ1n) is 6.33. The first-order chi connectivity index (χ1) is 9.32. The summed E-state index contributed by atoms with van der Waals surface area (Å²) < 4.78 is 28.4. The van der Waals surface area contributed by atoms with Crippen molar-refractivity contribution in [2.75, 3.05) is 18.6 Å². The topological polar surface area (TPSA) is 106 Å². The minimum atomic E-state index is -2.91. The zero-order chi connectivity index (χ0) is 14.9. The molecule has 0 radical (unpaired) electrons. The van der Waals surface area contributed by atoms with E-state index in [1.807, 2.05) is 17.4 Å². The van der Waals surface area contributed by atoms with E-state index in [2.05, 4.69) is 0 Å². The SMILES string of the molecule is Cc1cc(CN(C)C2CCS(=O)(=O)C2)oc1C(=O)NN. The quantitative estimate of drug-likeness (QED) is 0.454. The molecule has 1 aromatic rings. The number of hydrogen-bond acceptors (Lipinski definition) is 6. The predicted molar refractivity (Wildman–Crippen MR) is 73.6 cm³/mol. The average Bonchev–Trinajstić information content (AvgIpc) is 2.91. The van der Waals surface area contributed by atoms with Crippen molar-refractivity contribution in [3.05, 3.63) is 23.2 Å². The molecule has 1 saturated heterocycles. The van der Waals surface area contributed by atoms with E-state index in [9.17, 15) is 13.2 Å². The molecule has 2 heterocycles. The smallest absolute Gasteiger partial charge is 0.301 e. The lowest BCUT2D eigenvalue weighted by molar-refractivity contribution is 0.0921. The lowest BCUT2D eigenvalue weighted by Gasteiger charge is -2.21. The third-order valence-electron chi connectivity index (χ3n) is 3.54. The first-order valence-corrected chi connectivity index (χ1v) is 8.15. The molecule has 3 N–H and O–H groups in total. The molecule has 0 spiro atoms. The standard InChI is InChI=1S/C12H19N3O4S/c1-8-5-10(19-11(8)12(16)14-13)6-15(2)9-3-4-20(17,18)7-9/h5,9H,3-4,6-7,13H2,1-2H3,(H,14,16). The summed E-state index contributed by atoms with van der Waals surface area (Å²) in [4.78, 5) is 13.4. The van der Waals surface area contributed by atoms with Crippen molar-refractivity contribution >= 4 is 15.7 Å². The van der Waals surface area contributed by atoms with Crippen LogP contribution in [0.15, 0.2) is 10.5 Å². The number of aryl methyl sites for hydroxylation is 1. The molecule has 20 heavy (non-hydrogen) atoms. The Morgan fingerprint density at radius 1 is 1.60 bits per heavy atom. The molecule has 112 valence electrons. The van der Waals surface area contributed by atoms with Crippen molar-refractivity contribution in [1.29, 1.82) is 0 Å². The summed E-state index contributed by atoms with van der Waals surface area (Å²) in [5.41, 5.74) is 2.73. The maximum Gasteiger partial charge on any atom is 0.301 e. The van der Waals surface area contributed by atoms with E-state index in [1.165, 1.54) is 0 Å². The highest BCUT2D eigenvalue weighted by Gasteiger charge is 2.31. The molecule has 8 heteroatoms. The van der Waals surface area contributed by atoms with Gasteiger partial charge in [-0.05, 0) is 26.5 Å². The summed E-state index contributed by atoms with van der Waals surface area (Å²) in [6, 6.07) is 1.77. The van der Waals surface area contributed by atoms with Crippen LogP contribution in [0.25, 0.3) is 0 Å². The summed E-state index contributed by atoms with van der Waals surface area (Å²) in [6.07, 6.45) is 0.634. The number of amides is 1. The van der Waals surface area contributed by atoms with Gasteiger partial charge in [0, 0.05) is 11.6 Å². The van der Waals surface area contributed by atoms with Gasteiger partial charge in [0.25, 0.3) is 0 Å². The highest BCUT2D eigenvalue weighted by molar-refractivity contribution is 7.91. The average molecular weight is 301 g/mol. The van der Waals surface area contributed by atoms with E-state index in [-0.39, 0.29) is 23.3 Å². The van der Waals surface area contributed by atoms with E-state index >= 15 is 0 Å². The first kappa shape index (κ1) is 15.0. The Labute approximate surface area is 118 Å². The Hall–Kier alpha value is -1.38. The second kappa shape index (κ2) is 5.55. The zero-order valence-electron chi connectivity index (χ0n) is 11.5. The van der Waals surface area contributed by atoms with Crippen LogP contribution < -0.4 is 11.3 Å². The molecule has 1 aliphatic heterocycles. The highest BCUT2D eigenvalue weighted by atomic mass is 32.2. The number of nitrogens with one attached hydrogen (secondary N) is 1. The van der Waals surface area contributed by atoms with Gasteiger partial charge < -0.3 is 4.42 Å². The Bertz CT molecular complexity index is 608. The maximum absolute atomic E-state index is 11.5. The van der Waals surface area contributed by atoms with Crippen molar-refractivity contribution in [1.82, 2.24) is 10.3 Å². The number of rotatable bonds is 4. The van der Waals surface area contributed by atoms with Crippen LogP contribution in [0.3, 0.4) is 0 Å². The molecule has 1 unspecified atom stereocenters. The second-order valence-corrected chi connectivity index (χ2v) is 7.40. The second-order valence-electron chi connectivity index (χ2n) is 5.17. The van der Waals surface area contributed by atoms with E-state index in [1.54, 1.807) is 13.0 Å². The predicted octanol–water partition coefficient (Wildman–Crippen LogP) is -0.190. The van der Waals surface area contributed by atoms with Crippen LogP contribution in [-0.2, 0) is 16.4 Å². The number of nitrogen functional groups attached to an aromatic ring is 1. The number of hydrogen-bond donors (Lipinski definition) is 2. The fourth-order valence-electron chi connectivity index (χ4n) is 2.41. The van der Waals surface area contributed by atoms with Gasteiger partial charge in [-0.25, -0.2) is 14.3 Å². The highest BCUT2D eigenvalue weighted by Crippen LogP contribution is 2.21. The van der Waals surface area contributed by atoms with Crippen molar-refractivity contribution < 1.29 is 17.6 Å². The van der Waals surface area contributed by atoms with Gasteiger partial charge in [0.15, 0.2) is 15.6 Å². The lowest BCUT2D eigenvalue weighted by atomic mass is 10.2. The van der Waals surface area contributed by atoms with E-state index in [4.69, 9.17) is 10.3 Å². The zero-order valence-corrected chi connectivity index (χ0v) is 12.4. The van der Waals surface area contributed by atoms with Crippen molar-refractivity contribution in [3.63, 3.8) is 0 Å². The number of nitrogens with zero attached hydrogens (tertiary/aromatic N) is 1.